The molecule has 3 rings (SSSR count). The molecule has 0 saturated carbocycles. The van der Waals surface area contributed by atoms with Crippen LogP contribution in [0.5, 0.6) is 0 Å². The van der Waals surface area contributed by atoms with Crippen LogP contribution in [0.1, 0.15) is 31.4 Å². The number of rotatable bonds is 6. The first-order chi connectivity index (χ1) is 16.0. The van der Waals surface area contributed by atoms with Crippen molar-refractivity contribution in [3.05, 3.63) is 59.2 Å². The molecule has 2 aromatic carbocycles. The minimum Gasteiger partial charge on any atom is -0.381 e. The zero-order valence-corrected chi connectivity index (χ0v) is 20.1. The van der Waals surface area contributed by atoms with Gasteiger partial charge in [0.05, 0.1) is 6.04 Å². The summed E-state index contributed by atoms with van der Waals surface area (Å²) in [5, 5.41) is 10.2. The number of benzene rings is 2. The minimum atomic E-state index is -5.36. The molecule has 1 aliphatic heterocycles. The number of hydrogen-bond acceptors (Lipinski definition) is 4. The number of likely N-dealkylation sites (tertiary alicyclic amines) is 1. The topological polar surface area (TPSA) is 93.5 Å². The van der Waals surface area contributed by atoms with E-state index in [4.69, 9.17) is 4.78 Å². The zero-order valence-electron chi connectivity index (χ0n) is 19.2. The lowest BCUT2D eigenvalue weighted by atomic mass is 9.95. The molecule has 6 nitrogen and oxygen atoms in total. The van der Waals surface area contributed by atoms with Gasteiger partial charge in [-0.3, -0.25) is 4.79 Å². The van der Waals surface area contributed by atoms with Gasteiger partial charge in [-0.25, -0.2) is 22.5 Å². The summed E-state index contributed by atoms with van der Waals surface area (Å²) in [6.45, 7) is 3.97. The van der Waals surface area contributed by atoms with Crippen LogP contribution in [-0.2, 0) is 21.1 Å². The Hall–Kier alpha value is -2.57. The largest absolute Gasteiger partial charge is 0.492 e. The minimum absolute atomic E-state index is 0.0279. The maximum atomic E-state index is 15.5. The van der Waals surface area contributed by atoms with Crippen LogP contribution < -0.4 is 4.72 Å². The Balaban J connectivity index is 2.02. The van der Waals surface area contributed by atoms with Crippen molar-refractivity contribution in [3.63, 3.8) is 0 Å². The van der Waals surface area contributed by atoms with E-state index >= 15 is 4.39 Å². The highest BCUT2D eigenvalue weighted by Gasteiger charge is 2.48. The lowest BCUT2D eigenvalue weighted by molar-refractivity contribution is -0.148. The number of nitrogens with one attached hydrogen (secondary N) is 2. The molecule has 12 heteroatoms. The Morgan fingerprint density at radius 1 is 1.23 bits per heavy atom. The number of nitrogens with zero attached hydrogens (tertiary/aromatic N) is 1. The molecule has 3 atom stereocenters. The quantitative estimate of drug-likeness (QED) is 0.497. The van der Waals surface area contributed by atoms with Crippen LogP contribution in [0.4, 0.5) is 22.0 Å². The molecular weight excluding hydrogens is 493 g/mol. The molecule has 35 heavy (non-hydrogen) atoms. The van der Waals surface area contributed by atoms with Gasteiger partial charge < -0.3 is 10.0 Å². The summed E-state index contributed by atoms with van der Waals surface area (Å²) in [6, 6.07) is 5.92. The molecule has 2 aromatic rings. The second kappa shape index (κ2) is 9.47. The van der Waals surface area contributed by atoms with E-state index in [-0.39, 0.29) is 36.1 Å². The van der Waals surface area contributed by atoms with Crippen molar-refractivity contribution >= 4 is 15.8 Å². The van der Waals surface area contributed by atoms with Crippen molar-refractivity contribution in [2.45, 2.75) is 56.8 Å². The summed E-state index contributed by atoms with van der Waals surface area (Å²) in [5.41, 5.74) is -6.31. The van der Waals surface area contributed by atoms with E-state index in [1.807, 2.05) is 0 Å². The van der Waals surface area contributed by atoms with Crippen LogP contribution in [0.15, 0.2) is 36.4 Å². The van der Waals surface area contributed by atoms with E-state index in [2.05, 4.69) is 0 Å². The number of carbonyl (C=O) groups excluding carboxylic acids is 1. The number of alkyl halides is 3. The van der Waals surface area contributed by atoms with Crippen LogP contribution in [0, 0.1) is 23.3 Å². The summed E-state index contributed by atoms with van der Waals surface area (Å²) >= 11 is 0. The van der Waals surface area contributed by atoms with E-state index in [1.165, 1.54) is 38.1 Å². The average Bonchev–Trinajstić information content (AvgIpc) is 3.08. The van der Waals surface area contributed by atoms with Gasteiger partial charge in [-0.2, -0.15) is 13.2 Å². The molecule has 0 aromatic heterocycles. The van der Waals surface area contributed by atoms with Crippen LogP contribution >= 0.6 is 0 Å². The number of halogens is 5. The van der Waals surface area contributed by atoms with E-state index in [0.29, 0.717) is 5.56 Å². The Kier molecular flexibility index (Phi) is 7.31. The molecule has 3 N–H and O–H groups in total. The maximum Gasteiger partial charge on any atom is 0.492 e. The predicted octanol–water partition coefficient (Wildman–Crippen LogP) is 4.29. The summed E-state index contributed by atoms with van der Waals surface area (Å²) in [4.78, 5) is 13.9. The molecule has 1 fully saturated rings. The van der Waals surface area contributed by atoms with E-state index in [9.17, 15) is 31.7 Å². The second-order valence-corrected chi connectivity index (χ2v) is 11.0. The Morgan fingerprint density at radius 3 is 2.46 bits per heavy atom. The van der Waals surface area contributed by atoms with Gasteiger partial charge >= 0.3 is 5.51 Å². The average molecular weight is 520 g/mol. The van der Waals surface area contributed by atoms with Gasteiger partial charge in [0, 0.05) is 18.2 Å². The van der Waals surface area contributed by atoms with E-state index in [0.717, 1.165) is 11.0 Å². The van der Waals surface area contributed by atoms with Crippen LogP contribution in [-0.4, -0.2) is 49.9 Å². The number of aliphatic hydroxyl groups is 1. The van der Waals surface area contributed by atoms with Gasteiger partial charge in [-0.1, -0.05) is 24.3 Å². The smallest absolute Gasteiger partial charge is 0.381 e. The second-order valence-electron chi connectivity index (χ2n) is 9.14. The van der Waals surface area contributed by atoms with Crippen molar-refractivity contribution in [2.75, 3.05) is 6.54 Å². The molecular formula is C23H26F5N3O3S. The molecule has 0 aliphatic carbocycles. The number of aryl methyl sites for hydroxylation is 1. The van der Waals surface area contributed by atoms with Crippen LogP contribution in [0.2, 0.25) is 0 Å². The summed E-state index contributed by atoms with van der Waals surface area (Å²) in [6.07, 6.45) is -0.385. The van der Waals surface area contributed by atoms with Crippen LogP contribution in [0.25, 0.3) is 11.1 Å². The van der Waals surface area contributed by atoms with Crippen molar-refractivity contribution in [3.8, 4) is 11.1 Å². The Morgan fingerprint density at radius 2 is 1.89 bits per heavy atom. The molecule has 0 radical (unpaired) electrons. The molecule has 0 bridgehead atoms. The number of carbonyl (C=O) groups is 1. The molecule has 0 spiro atoms. The molecule has 1 heterocycles. The zero-order chi connectivity index (χ0) is 26.3. The lowest BCUT2D eigenvalue weighted by Gasteiger charge is -2.33. The fourth-order valence-electron chi connectivity index (χ4n) is 4.20. The van der Waals surface area contributed by atoms with Gasteiger partial charge in [0.2, 0.25) is 9.92 Å². The summed E-state index contributed by atoms with van der Waals surface area (Å²) in [5.74, 6) is -2.11. The number of amides is 1. The molecule has 1 amide bonds. The maximum absolute atomic E-state index is 15.5. The lowest BCUT2D eigenvalue weighted by Crippen LogP contribution is -2.53. The van der Waals surface area contributed by atoms with Crippen molar-refractivity contribution < 1.29 is 36.1 Å². The highest BCUT2D eigenvalue weighted by Crippen LogP contribution is 2.32. The number of hydrogen-bond donors (Lipinski definition) is 3. The highest BCUT2D eigenvalue weighted by atomic mass is 32.2. The fraction of sp³-hybridized carbons (Fsp3) is 0.435. The van der Waals surface area contributed by atoms with Crippen molar-refractivity contribution in [2.24, 2.45) is 0 Å². The van der Waals surface area contributed by atoms with Gasteiger partial charge in [0.1, 0.15) is 17.2 Å². The van der Waals surface area contributed by atoms with Crippen molar-refractivity contribution in [1.29, 1.82) is 4.78 Å². The van der Waals surface area contributed by atoms with Gasteiger partial charge in [-0.15, -0.1) is 0 Å². The first kappa shape index (κ1) is 27.0. The van der Waals surface area contributed by atoms with Gasteiger partial charge in [-0.05, 0) is 62.4 Å². The van der Waals surface area contributed by atoms with Gasteiger partial charge in [0.15, 0.2) is 0 Å². The molecule has 1 aliphatic rings. The third kappa shape index (κ3) is 5.81. The standard InChI is InChI=1S/C23H26F5N3O3S/c1-13-9-15(11-16(24)10-13)17-6-4-5-14(20(17)25)12-19-18(30-35(29,34)23(26,27)28)7-8-31(19)21(32)22(2,3)33/h4-6,9-11,18-19,33H,7-8,12H2,1-3H3,(H2,29,30,34)/t18?,19-,35?/m0/s1. The summed E-state index contributed by atoms with van der Waals surface area (Å²) < 4.78 is 89.8. The Labute approximate surface area is 200 Å². The highest BCUT2D eigenvalue weighted by molar-refractivity contribution is 7.91. The Bertz CT molecular complexity index is 1210. The normalized spacial score (nSPS) is 20.7. The van der Waals surface area contributed by atoms with E-state index in [1.54, 1.807) is 17.7 Å². The molecule has 1 saturated heterocycles. The fourth-order valence-corrected chi connectivity index (χ4v) is 5.04. The molecule has 192 valence electrons. The molecule has 2 unspecified atom stereocenters. The van der Waals surface area contributed by atoms with Crippen molar-refractivity contribution in [1.82, 2.24) is 9.62 Å². The first-order valence-corrected chi connectivity index (χ1v) is 12.3. The first-order valence-electron chi connectivity index (χ1n) is 10.7. The van der Waals surface area contributed by atoms with Crippen LogP contribution in [0.3, 0.4) is 0 Å². The third-order valence-corrected chi connectivity index (χ3v) is 7.12. The van der Waals surface area contributed by atoms with Gasteiger partial charge in [0.25, 0.3) is 5.91 Å². The monoisotopic (exact) mass is 519 g/mol. The summed E-state index contributed by atoms with van der Waals surface area (Å²) in [7, 11) is -5.25. The van der Waals surface area contributed by atoms with E-state index < -0.39 is 50.6 Å². The predicted molar refractivity (Wildman–Crippen MR) is 120 cm³/mol. The third-order valence-electron chi connectivity index (χ3n) is 5.83. The SMILES string of the molecule is Cc1cc(F)cc(-c2cccc(C[C@H]3C(NS(=N)(=O)C(F)(F)F)CCN3C(=O)C(C)(C)O)c2F)c1.